The number of thioether (sulfide) groups is 1. The molecule has 1 unspecified atom stereocenters. The van der Waals surface area contributed by atoms with Gasteiger partial charge in [-0.05, 0) is 42.5 Å². The quantitative estimate of drug-likeness (QED) is 0.652. The van der Waals surface area contributed by atoms with Gasteiger partial charge in [0.2, 0.25) is 0 Å². The Morgan fingerprint density at radius 2 is 1.93 bits per heavy atom. The van der Waals surface area contributed by atoms with Crippen molar-refractivity contribution >= 4 is 17.8 Å². The number of ether oxygens (including phenoxy) is 1. The molecule has 0 saturated carbocycles. The predicted octanol–water partition coefficient (Wildman–Crippen LogP) is 5.34. The summed E-state index contributed by atoms with van der Waals surface area (Å²) in [6.07, 6.45) is -2.53. The lowest BCUT2D eigenvalue weighted by atomic mass is 10.0. The van der Waals surface area contributed by atoms with Gasteiger partial charge in [0.15, 0.2) is 0 Å². The lowest BCUT2D eigenvalue weighted by molar-refractivity contribution is -0.138. The predicted molar refractivity (Wildman–Crippen MR) is 105 cm³/mol. The lowest BCUT2D eigenvalue weighted by Gasteiger charge is -2.24. The largest absolute Gasteiger partial charge is 0.496 e. The second-order valence-electron chi connectivity index (χ2n) is 6.30. The Bertz CT molecular complexity index is 827. The van der Waals surface area contributed by atoms with Crippen molar-refractivity contribution in [3.8, 4) is 5.75 Å². The minimum absolute atomic E-state index is 0.0303. The number of rotatable bonds is 6. The highest BCUT2D eigenvalue weighted by Gasteiger charge is 2.34. The molecular formula is C20H23F3N2O2S. The number of carbonyl (C=O) groups is 1. The summed E-state index contributed by atoms with van der Waals surface area (Å²) in [6.45, 7) is 1.83. The topological polar surface area (TPSA) is 41.6 Å². The third kappa shape index (κ3) is 5.34. The lowest BCUT2D eigenvalue weighted by Crippen LogP contribution is -2.38. The van der Waals surface area contributed by atoms with Crippen molar-refractivity contribution in [2.24, 2.45) is 0 Å². The van der Waals surface area contributed by atoms with Crippen LogP contribution in [0.25, 0.3) is 0 Å². The van der Waals surface area contributed by atoms with E-state index in [0.29, 0.717) is 12.3 Å². The first kappa shape index (κ1) is 21.9. The second kappa shape index (κ2) is 9.23. The highest BCUT2D eigenvalue weighted by atomic mass is 32.2. The van der Waals surface area contributed by atoms with E-state index in [2.05, 4.69) is 5.32 Å². The van der Waals surface area contributed by atoms with Crippen LogP contribution >= 0.6 is 11.8 Å². The van der Waals surface area contributed by atoms with Crippen LogP contribution in [-0.2, 0) is 12.7 Å². The average molecular weight is 412 g/mol. The van der Waals surface area contributed by atoms with Gasteiger partial charge in [-0.3, -0.25) is 0 Å². The summed E-state index contributed by atoms with van der Waals surface area (Å²) in [5.41, 5.74) is 0.140. The Hall–Kier alpha value is -2.35. The average Bonchev–Trinajstić information content (AvgIpc) is 2.67. The molecule has 4 nitrogen and oxygen atoms in total. The minimum atomic E-state index is -4.48. The summed E-state index contributed by atoms with van der Waals surface area (Å²) >= 11 is 1.55. The maximum Gasteiger partial charge on any atom is 0.416 e. The summed E-state index contributed by atoms with van der Waals surface area (Å²) < 4.78 is 44.9. The molecule has 0 heterocycles. The molecule has 0 aromatic heterocycles. The first-order valence-corrected chi connectivity index (χ1v) is 9.78. The summed E-state index contributed by atoms with van der Waals surface area (Å²) in [6, 6.07) is 9.64. The van der Waals surface area contributed by atoms with E-state index < -0.39 is 23.8 Å². The Kier molecular flexibility index (Phi) is 7.23. The molecule has 0 bridgehead atoms. The molecule has 2 rings (SSSR count). The van der Waals surface area contributed by atoms with Crippen LogP contribution in [0.1, 0.15) is 29.7 Å². The molecule has 28 heavy (non-hydrogen) atoms. The van der Waals surface area contributed by atoms with Crippen LogP contribution in [0.15, 0.2) is 47.4 Å². The van der Waals surface area contributed by atoms with Gasteiger partial charge in [0.05, 0.1) is 18.7 Å². The second-order valence-corrected chi connectivity index (χ2v) is 7.15. The number of nitrogens with zero attached hydrogens (tertiary/aromatic N) is 1. The van der Waals surface area contributed by atoms with E-state index in [0.717, 1.165) is 16.5 Å². The number of alkyl halides is 3. The molecule has 0 aliphatic heterocycles. The number of hydrogen-bond donors (Lipinski definition) is 1. The molecule has 0 aliphatic rings. The Labute approximate surface area is 167 Å². The fraction of sp³-hybridized carbons (Fsp3) is 0.350. The number of benzene rings is 2. The minimum Gasteiger partial charge on any atom is -0.496 e. The zero-order valence-electron chi connectivity index (χ0n) is 16.1. The molecule has 0 radical (unpaired) electrons. The van der Waals surface area contributed by atoms with Crippen molar-refractivity contribution in [1.82, 2.24) is 10.2 Å². The fourth-order valence-corrected chi connectivity index (χ4v) is 3.38. The van der Waals surface area contributed by atoms with Gasteiger partial charge in [-0.1, -0.05) is 24.3 Å². The van der Waals surface area contributed by atoms with Gasteiger partial charge in [-0.25, -0.2) is 4.79 Å². The zero-order valence-corrected chi connectivity index (χ0v) is 16.9. The highest BCUT2D eigenvalue weighted by Crippen LogP contribution is 2.34. The SMILES string of the molecule is COc1cc(CN(C)C(=O)NC(C)c2ccccc2C(F)(F)F)ccc1SC. The number of urea groups is 1. The molecule has 2 aromatic rings. The van der Waals surface area contributed by atoms with Gasteiger partial charge in [0.1, 0.15) is 5.75 Å². The number of nitrogens with one attached hydrogen (secondary N) is 1. The van der Waals surface area contributed by atoms with E-state index in [1.165, 1.54) is 30.0 Å². The summed E-state index contributed by atoms with van der Waals surface area (Å²) in [4.78, 5) is 14.9. The van der Waals surface area contributed by atoms with E-state index in [4.69, 9.17) is 4.74 Å². The number of carbonyl (C=O) groups excluding carboxylic acids is 1. The number of amides is 2. The third-order valence-corrected chi connectivity index (χ3v) is 5.06. The molecule has 1 N–H and O–H groups in total. The van der Waals surface area contributed by atoms with Crippen LogP contribution in [0, 0.1) is 0 Å². The van der Waals surface area contributed by atoms with E-state index in [1.54, 1.807) is 25.9 Å². The van der Waals surface area contributed by atoms with Crippen molar-refractivity contribution in [3.63, 3.8) is 0 Å². The van der Waals surface area contributed by atoms with Crippen LogP contribution in [-0.4, -0.2) is 31.3 Å². The first-order chi connectivity index (χ1) is 13.2. The summed E-state index contributed by atoms with van der Waals surface area (Å²) in [7, 11) is 3.17. The van der Waals surface area contributed by atoms with Crippen LogP contribution in [0.5, 0.6) is 5.75 Å². The Morgan fingerprint density at radius 3 is 2.54 bits per heavy atom. The van der Waals surface area contributed by atoms with Crippen molar-refractivity contribution < 1.29 is 22.7 Å². The summed E-state index contributed by atoms with van der Waals surface area (Å²) in [5.74, 6) is 0.714. The number of methoxy groups -OCH3 is 1. The standard InChI is InChI=1S/C20H23F3N2O2S/c1-13(15-7-5-6-8-16(15)20(21,22)23)24-19(26)25(2)12-14-9-10-18(28-4)17(11-14)27-3/h5-11,13H,12H2,1-4H3,(H,24,26). The molecule has 0 aliphatic carbocycles. The van der Waals surface area contributed by atoms with Gasteiger partial charge in [-0.2, -0.15) is 13.2 Å². The molecule has 0 fully saturated rings. The van der Waals surface area contributed by atoms with Crippen LogP contribution < -0.4 is 10.1 Å². The van der Waals surface area contributed by atoms with Gasteiger partial charge >= 0.3 is 12.2 Å². The molecular weight excluding hydrogens is 389 g/mol. The van der Waals surface area contributed by atoms with E-state index in [1.807, 2.05) is 24.5 Å². The van der Waals surface area contributed by atoms with Crippen molar-refractivity contribution in [2.75, 3.05) is 20.4 Å². The zero-order chi connectivity index (χ0) is 20.9. The molecule has 152 valence electrons. The van der Waals surface area contributed by atoms with Gasteiger partial charge in [0, 0.05) is 18.5 Å². The van der Waals surface area contributed by atoms with E-state index >= 15 is 0 Å². The molecule has 2 aromatic carbocycles. The first-order valence-electron chi connectivity index (χ1n) is 8.56. The van der Waals surface area contributed by atoms with Crippen molar-refractivity contribution in [2.45, 2.75) is 30.6 Å². The molecule has 1 atom stereocenters. The molecule has 0 saturated heterocycles. The van der Waals surface area contributed by atoms with Crippen molar-refractivity contribution in [3.05, 3.63) is 59.2 Å². The normalized spacial score (nSPS) is 12.4. The highest BCUT2D eigenvalue weighted by molar-refractivity contribution is 7.98. The molecule has 8 heteroatoms. The van der Waals surface area contributed by atoms with Crippen molar-refractivity contribution in [1.29, 1.82) is 0 Å². The smallest absolute Gasteiger partial charge is 0.416 e. The van der Waals surface area contributed by atoms with E-state index in [-0.39, 0.29) is 5.56 Å². The maximum absolute atomic E-state index is 13.2. The van der Waals surface area contributed by atoms with E-state index in [9.17, 15) is 18.0 Å². The number of halogens is 3. The van der Waals surface area contributed by atoms with Gasteiger partial charge in [0.25, 0.3) is 0 Å². The maximum atomic E-state index is 13.2. The number of hydrogen-bond acceptors (Lipinski definition) is 3. The fourth-order valence-electron chi connectivity index (χ4n) is 2.83. The monoisotopic (exact) mass is 412 g/mol. The third-order valence-electron chi connectivity index (χ3n) is 4.29. The summed E-state index contributed by atoms with van der Waals surface area (Å²) in [5, 5.41) is 2.63. The molecule has 0 spiro atoms. The van der Waals surface area contributed by atoms with Gasteiger partial charge < -0.3 is 15.0 Å². The Balaban J connectivity index is 2.09. The Morgan fingerprint density at radius 1 is 1.25 bits per heavy atom. The van der Waals surface area contributed by atoms with Crippen LogP contribution in [0.2, 0.25) is 0 Å². The van der Waals surface area contributed by atoms with Crippen LogP contribution in [0.3, 0.4) is 0 Å². The van der Waals surface area contributed by atoms with Crippen LogP contribution in [0.4, 0.5) is 18.0 Å². The van der Waals surface area contributed by atoms with Gasteiger partial charge in [-0.15, -0.1) is 11.8 Å². The molecule has 2 amide bonds.